The number of thiophene rings is 1. The summed E-state index contributed by atoms with van der Waals surface area (Å²) in [5.74, 6) is -1.11. The van der Waals surface area contributed by atoms with Gasteiger partial charge in [0.25, 0.3) is 0 Å². The van der Waals surface area contributed by atoms with Crippen molar-refractivity contribution in [3.63, 3.8) is 0 Å². The summed E-state index contributed by atoms with van der Waals surface area (Å²) in [7, 11) is 0. The van der Waals surface area contributed by atoms with Crippen LogP contribution in [0, 0.1) is 0 Å². The lowest BCUT2D eigenvalue weighted by atomic mass is 9.92. The van der Waals surface area contributed by atoms with E-state index in [9.17, 15) is 14.7 Å². The zero-order valence-corrected chi connectivity index (χ0v) is 12.3. The summed E-state index contributed by atoms with van der Waals surface area (Å²) in [5.41, 5.74) is 0.0232. The third kappa shape index (κ3) is 3.61. The number of aliphatic carboxylic acids is 1. The highest BCUT2D eigenvalue weighted by atomic mass is 32.1. The van der Waals surface area contributed by atoms with Gasteiger partial charge in [-0.1, -0.05) is 30.3 Å². The van der Waals surface area contributed by atoms with Crippen molar-refractivity contribution >= 4 is 23.3 Å². The van der Waals surface area contributed by atoms with Gasteiger partial charge in [-0.05, 0) is 34.9 Å². The maximum Gasteiger partial charge on any atom is 0.333 e. The second-order valence-electron chi connectivity index (χ2n) is 4.74. The molecular weight excluding hydrogens is 288 g/mol. The number of rotatable bonds is 5. The molecule has 0 saturated carbocycles. The minimum absolute atomic E-state index is 0.361. The highest BCUT2D eigenvalue weighted by Crippen LogP contribution is 2.20. The Kier molecular flexibility index (Phi) is 4.59. The average molecular weight is 304 g/mol. The maximum absolute atomic E-state index is 11.9. The number of nitrogens with one attached hydrogen (secondary N) is 2. The molecule has 0 aliphatic heterocycles. The van der Waals surface area contributed by atoms with Gasteiger partial charge in [-0.2, -0.15) is 11.3 Å². The summed E-state index contributed by atoms with van der Waals surface area (Å²) in [4.78, 5) is 23.5. The first-order valence-corrected chi connectivity index (χ1v) is 7.32. The molecule has 110 valence electrons. The Labute approximate surface area is 126 Å². The Morgan fingerprint density at radius 1 is 1.24 bits per heavy atom. The molecule has 2 rings (SSSR count). The Bertz CT molecular complexity index is 613. The standard InChI is InChI=1S/C15H16N2O3S/c1-15(13(18)19,12-5-3-2-4-6-12)17-14(20)16-9-11-7-8-21-10-11/h2-8,10H,9H2,1H3,(H,18,19)(H2,16,17,20). The fourth-order valence-electron chi connectivity index (χ4n) is 1.87. The molecule has 0 bridgehead atoms. The summed E-state index contributed by atoms with van der Waals surface area (Å²) in [6, 6.07) is 10.00. The van der Waals surface area contributed by atoms with Crippen molar-refractivity contribution in [2.24, 2.45) is 0 Å². The fourth-order valence-corrected chi connectivity index (χ4v) is 2.54. The van der Waals surface area contributed by atoms with E-state index in [1.807, 2.05) is 16.8 Å². The monoisotopic (exact) mass is 304 g/mol. The lowest BCUT2D eigenvalue weighted by Gasteiger charge is -2.26. The number of benzene rings is 1. The van der Waals surface area contributed by atoms with Gasteiger partial charge in [0.05, 0.1) is 0 Å². The van der Waals surface area contributed by atoms with Gasteiger partial charge in [-0.3, -0.25) is 0 Å². The normalized spacial score (nSPS) is 13.2. The molecule has 2 aromatic rings. The number of hydrogen-bond acceptors (Lipinski definition) is 3. The van der Waals surface area contributed by atoms with Crippen molar-refractivity contribution in [1.82, 2.24) is 10.6 Å². The summed E-state index contributed by atoms with van der Waals surface area (Å²) in [6.07, 6.45) is 0. The zero-order chi connectivity index (χ0) is 15.3. The lowest BCUT2D eigenvalue weighted by molar-refractivity contribution is -0.144. The number of carboxylic acids is 1. The molecule has 5 nitrogen and oxygen atoms in total. The maximum atomic E-state index is 11.9. The first kappa shape index (κ1) is 15.1. The lowest BCUT2D eigenvalue weighted by Crippen LogP contribution is -2.52. The third-order valence-corrected chi connectivity index (χ3v) is 3.91. The smallest absolute Gasteiger partial charge is 0.333 e. The van der Waals surface area contributed by atoms with E-state index in [1.165, 1.54) is 6.92 Å². The van der Waals surface area contributed by atoms with Crippen LogP contribution in [-0.2, 0) is 16.9 Å². The molecule has 0 aliphatic rings. The Balaban J connectivity index is 2.06. The van der Waals surface area contributed by atoms with Crippen LogP contribution in [0.15, 0.2) is 47.2 Å². The van der Waals surface area contributed by atoms with Gasteiger partial charge in [-0.15, -0.1) is 0 Å². The second-order valence-corrected chi connectivity index (χ2v) is 5.52. The fraction of sp³-hybridized carbons (Fsp3) is 0.200. The van der Waals surface area contributed by atoms with Crippen LogP contribution in [0.4, 0.5) is 4.79 Å². The summed E-state index contributed by atoms with van der Waals surface area (Å²) < 4.78 is 0. The average Bonchev–Trinajstić information content (AvgIpc) is 2.99. The molecule has 0 saturated heterocycles. The van der Waals surface area contributed by atoms with Crippen LogP contribution in [0.5, 0.6) is 0 Å². The third-order valence-electron chi connectivity index (χ3n) is 3.18. The molecule has 2 amide bonds. The Morgan fingerprint density at radius 2 is 1.95 bits per heavy atom. The molecule has 0 spiro atoms. The number of hydrogen-bond donors (Lipinski definition) is 3. The largest absolute Gasteiger partial charge is 0.479 e. The highest BCUT2D eigenvalue weighted by Gasteiger charge is 2.36. The minimum Gasteiger partial charge on any atom is -0.479 e. The highest BCUT2D eigenvalue weighted by molar-refractivity contribution is 7.07. The molecule has 1 aromatic carbocycles. The van der Waals surface area contributed by atoms with Crippen LogP contribution in [0.3, 0.4) is 0 Å². The number of urea groups is 1. The van der Waals surface area contributed by atoms with Crippen LogP contribution in [0.1, 0.15) is 18.1 Å². The van der Waals surface area contributed by atoms with Crippen molar-refractivity contribution in [3.8, 4) is 0 Å². The number of carbonyl (C=O) groups is 2. The predicted octanol–water partition coefficient (Wildman–Crippen LogP) is 2.55. The topological polar surface area (TPSA) is 78.4 Å². The van der Waals surface area contributed by atoms with Crippen LogP contribution in [-0.4, -0.2) is 17.1 Å². The molecule has 6 heteroatoms. The zero-order valence-electron chi connectivity index (χ0n) is 11.5. The van der Waals surface area contributed by atoms with Crippen molar-refractivity contribution in [2.75, 3.05) is 0 Å². The Hall–Kier alpha value is -2.34. The molecule has 1 unspecified atom stereocenters. The van der Waals surface area contributed by atoms with Crippen LogP contribution < -0.4 is 10.6 Å². The quantitative estimate of drug-likeness (QED) is 0.794. The molecule has 0 fully saturated rings. The molecule has 1 heterocycles. The molecule has 0 aliphatic carbocycles. The summed E-state index contributed by atoms with van der Waals surface area (Å²) >= 11 is 1.54. The predicted molar refractivity (Wildman–Crippen MR) is 81.1 cm³/mol. The van der Waals surface area contributed by atoms with E-state index < -0.39 is 17.5 Å². The van der Waals surface area contributed by atoms with Crippen LogP contribution in [0.25, 0.3) is 0 Å². The van der Waals surface area contributed by atoms with E-state index in [4.69, 9.17) is 0 Å². The van der Waals surface area contributed by atoms with E-state index in [2.05, 4.69) is 10.6 Å². The van der Waals surface area contributed by atoms with E-state index in [1.54, 1.807) is 41.7 Å². The molecule has 0 radical (unpaired) electrons. The molecule has 1 atom stereocenters. The molecule has 21 heavy (non-hydrogen) atoms. The van der Waals surface area contributed by atoms with Gasteiger partial charge >= 0.3 is 12.0 Å². The van der Waals surface area contributed by atoms with Gasteiger partial charge in [0, 0.05) is 6.54 Å². The van der Waals surface area contributed by atoms with Gasteiger partial charge in [-0.25, -0.2) is 9.59 Å². The number of carbonyl (C=O) groups excluding carboxylic acids is 1. The molecular formula is C15H16N2O3S. The first-order valence-electron chi connectivity index (χ1n) is 6.38. The van der Waals surface area contributed by atoms with Gasteiger partial charge in [0.1, 0.15) is 0 Å². The van der Waals surface area contributed by atoms with Crippen molar-refractivity contribution in [2.45, 2.75) is 19.0 Å². The second kappa shape index (κ2) is 6.41. The van der Waals surface area contributed by atoms with E-state index in [-0.39, 0.29) is 0 Å². The van der Waals surface area contributed by atoms with Crippen molar-refractivity contribution in [3.05, 3.63) is 58.3 Å². The Morgan fingerprint density at radius 3 is 2.52 bits per heavy atom. The van der Waals surface area contributed by atoms with Gasteiger partial charge in [0.2, 0.25) is 0 Å². The van der Waals surface area contributed by atoms with Gasteiger partial charge < -0.3 is 15.7 Å². The number of carboxylic acid groups (broad SMARTS) is 1. The van der Waals surface area contributed by atoms with Gasteiger partial charge in [0.15, 0.2) is 5.54 Å². The van der Waals surface area contributed by atoms with E-state index >= 15 is 0 Å². The van der Waals surface area contributed by atoms with Crippen LogP contribution in [0.2, 0.25) is 0 Å². The molecule has 3 N–H and O–H groups in total. The SMILES string of the molecule is CC(NC(=O)NCc1ccsc1)(C(=O)O)c1ccccc1. The summed E-state index contributed by atoms with van der Waals surface area (Å²) in [6.45, 7) is 1.83. The van der Waals surface area contributed by atoms with E-state index in [0.29, 0.717) is 12.1 Å². The number of amides is 2. The van der Waals surface area contributed by atoms with Crippen molar-refractivity contribution < 1.29 is 14.7 Å². The van der Waals surface area contributed by atoms with Crippen molar-refractivity contribution in [1.29, 1.82) is 0 Å². The van der Waals surface area contributed by atoms with Crippen LogP contribution >= 0.6 is 11.3 Å². The summed E-state index contributed by atoms with van der Waals surface area (Å²) in [5, 5.41) is 18.5. The molecule has 1 aromatic heterocycles. The minimum atomic E-state index is -1.47. The van der Waals surface area contributed by atoms with E-state index in [0.717, 1.165) is 5.56 Å². The first-order chi connectivity index (χ1) is 10.0.